The fourth-order valence-electron chi connectivity index (χ4n) is 1.93. The van der Waals surface area contributed by atoms with E-state index in [4.69, 9.17) is 4.74 Å². The molecule has 1 atom stereocenters. The molecule has 0 N–H and O–H groups in total. The molecule has 16 heavy (non-hydrogen) atoms. The minimum Gasteiger partial charge on any atom is -0.495 e. The van der Waals surface area contributed by atoms with Crippen LogP contribution in [0.4, 0.5) is 0 Å². The second kappa shape index (κ2) is 4.64. The summed E-state index contributed by atoms with van der Waals surface area (Å²) in [4.78, 5) is 8.95. The maximum Gasteiger partial charge on any atom is 0.140 e. The summed E-state index contributed by atoms with van der Waals surface area (Å²) in [7, 11) is 1.68. The van der Waals surface area contributed by atoms with E-state index in [0.29, 0.717) is 5.92 Å². The number of aromatic nitrogens is 1. The zero-order chi connectivity index (χ0) is 11.5. The van der Waals surface area contributed by atoms with E-state index < -0.39 is 0 Å². The molecule has 1 aromatic rings. The molecule has 0 aromatic carbocycles. The van der Waals surface area contributed by atoms with Crippen molar-refractivity contribution in [3.63, 3.8) is 0 Å². The normalized spacial score (nSPS) is 20.4. The van der Waals surface area contributed by atoms with Crippen LogP contribution in [-0.4, -0.2) is 24.4 Å². The van der Waals surface area contributed by atoms with Gasteiger partial charge in [-0.3, -0.25) is 9.98 Å². The number of rotatable bonds is 2. The molecule has 3 heteroatoms. The van der Waals surface area contributed by atoms with Gasteiger partial charge in [-0.2, -0.15) is 0 Å². The molecule has 2 heterocycles. The van der Waals surface area contributed by atoms with Gasteiger partial charge in [0.1, 0.15) is 5.75 Å². The topological polar surface area (TPSA) is 34.5 Å². The SMILES string of the molecule is COc1cc(C2=NCC(C)CC2)cnc1C. The molecule has 0 radical (unpaired) electrons. The Balaban J connectivity index is 2.27. The minimum absolute atomic E-state index is 0.712. The first-order chi connectivity index (χ1) is 7.70. The largest absolute Gasteiger partial charge is 0.495 e. The molecule has 0 aliphatic carbocycles. The van der Waals surface area contributed by atoms with Gasteiger partial charge in [0.2, 0.25) is 0 Å². The Morgan fingerprint density at radius 3 is 2.88 bits per heavy atom. The Bertz CT molecular complexity index is 412. The van der Waals surface area contributed by atoms with E-state index in [1.54, 1.807) is 7.11 Å². The second-order valence-electron chi connectivity index (χ2n) is 4.44. The Morgan fingerprint density at radius 2 is 2.25 bits per heavy atom. The number of pyridine rings is 1. The lowest BCUT2D eigenvalue weighted by Gasteiger charge is -2.17. The Labute approximate surface area is 96.6 Å². The van der Waals surface area contributed by atoms with Crippen LogP contribution in [0.25, 0.3) is 0 Å². The van der Waals surface area contributed by atoms with Crippen LogP contribution in [0.1, 0.15) is 31.0 Å². The Morgan fingerprint density at radius 1 is 1.44 bits per heavy atom. The van der Waals surface area contributed by atoms with E-state index >= 15 is 0 Å². The molecule has 3 nitrogen and oxygen atoms in total. The molecule has 0 spiro atoms. The number of hydrogen-bond acceptors (Lipinski definition) is 3. The number of methoxy groups -OCH3 is 1. The van der Waals surface area contributed by atoms with Crippen molar-refractivity contribution >= 4 is 5.71 Å². The van der Waals surface area contributed by atoms with Gasteiger partial charge in [0, 0.05) is 24.0 Å². The van der Waals surface area contributed by atoms with Crippen LogP contribution >= 0.6 is 0 Å². The molecule has 1 aromatic heterocycles. The lowest BCUT2D eigenvalue weighted by molar-refractivity contribution is 0.409. The highest BCUT2D eigenvalue weighted by Crippen LogP contribution is 2.21. The van der Waals surface area contributed by atoms with Crippen molar-refractivity contribution in [2.75, 3.05) is 13.7 Å². The molecule has 1 aliphatic rings. The fourth-order valence-corrected chi connectivity index (χ4v) is 1.93. The molecule has 2 rings (SSSR count). The molecule has 0 saturated heterocycles. The summed E-state index contributed by atoms with van der Waals surface area (Å²) in [6.45, 7) is 5.13. The van der Waals surface area contributed by atoms with E-state index in [-0.39, 0.29) is 0 Å². The van der Waals surface area contributed by atoms with Crippen LogP contribution in [0.3, 0.4) is 0 Å². The summed E-state index contributed by atoms with van der Waals surface area (Å²) < 4.78 is 5.28. The Kier molecular flexibility index (Phi) is 3.22. The van der Waals surface area contributed by atoms with E-state index in [9.17, 15) is 0 Å². The molecule has 1 aliphatic heterocycles. The molecular weight excluding hydrogens is 200 g/mol. The molecule has 0 saturated carbocycles. The molecule has 0 fully saturated rings. The van der Waals surface area contributed by atoms with Crippen molar-refractivity contribution in [3.8, 4) is 5.75 Å². The average Bonchev–Trinajstić information content (AvgIpc) is 2.31. The van der Waals surface area contributed by atoms with Gasteiger partial charge in [-0.05, 0) is 31.7 Å². The summed E-state index contributed by atoms with van der Waals surface area (Å²) in [6.07, 6.45) is 4.16. The predicted octanol–water partition coefficient (Wildman–Crippen LogP) is 2.62. The zero-order valence-corrected chi connectivity index (χ0v) is 10.2. The van der Waals surface area contributed by atoms with E-state index in [1.165, 1.54) is 12.1 Å². The van der Waals surface area contributed by atoms with Gasteiger partial charge in [0.05, 0.1) is 12.8 Å². The first-order valence-electron chi connectivity index (χ1n) is 5.75. The van der Waals surface area contributed by atoms with Gasteiger partial charge < -0.3 is 4.74 Å². The van der Waals surface area contributed by atoms with Crippen LogP contribution in [-0.2, 0) is 0 Å². The number of ether oxygens (including phenoxy) is 1. The van der Waals surface area contributed by atoms with E-state index in [1.807, 2.05) is 19.2 Å². The van der Waals surface area contributed by atoms with Gasteiger partial charge in [-0.25, -0.2) is 0 Å². The minimum atomic E-state index is 0.712. The summed E-state index contributed by atoms with van der Waals surface area (Å²) in [5, 5.41) is 0. The van der Waals surface area contributed by atoms with Crippen LogP contribution in [0.15, 0.2) is 17.3 Å². The molecule has 86 valence electrons. The third-order valence-corrected chi connectivity index (χ3v) is 3.06. The monoisotopic (exact) mass is 218 g/mol. The standard InChI is InChI=1S/C13H18N2O/c1-9-4-5-12(15-7-9)11-6-13(16-3)10(2)14-8-11/h6,8-9H,4-5,7H2,1-3H3. The summed E-state index contributed by atoms with van der Waals surface area (Å²) in [5.74, 6) is 1.56. The fraction of sp³-hybridized carbons (Fsp3) is 0.538. The van der Waals surface area contributed by atoms with E-state index in [0.717, 1.165) is 30.0 Å². The van der Waals surface area contributed by atoms with Gasteiger partial charge in [-0.1, -0.05) is 6.92 Å². The number of aryl methyl sites for hydroxylation is 1. The lowest BCUT2D eigenvalue weighted by atomic mass is 9.96. The number of nitrogens with zero attached hydrogens (tertiary/aromatic N) is 2. The number of aliphatic imine (C=N–C) groups is 1. The first kappa shape index (κ1) is 11.1. The Hall–Kier alpha value is -1.38. The molecule has 0 bridgehead atoms. The van der Waals surface area contributed by atoms with Crippen molar-refractivity contribution in [2.45, 2.75) is 26.7 Å². The third-order valence-electron chi connectivity index (χ3n) is 3.06. The summed E-state index contributed by atoms with van der Waals surface area (Å²) >= 11 is 0. The summed E-state index contributed by atoms with van der Waals surface area (Å²) in [6, 6.07) is 2.04. The van der Waals surface area contributed by atoms with Crippen LogP contribution in [0.2, 0.25) is 0 Å². The van der Waals surface area contributed by atoms with E-state index in [2.05, 4.69) is 16.9 Å². The molecular formula is C13H18N2O. The first-order valence-corrected chi connectivity index (χ1v) is 5.75. The van der Waals surface area contributed by atoms with Crippen LogP contribution in [0, 0.1) is 12.8 Å². The van der Waals surface area contributed by atoms with Crippen molar-refractivity contribution in [1.82, 2.24) is 4.98 Å². The zero-order valence-electron chi connectivity index (χ0n) is 10.2. The molecule has 1 unspecified atom stereocenters. The highest BCUT2D eigenvalue weighted by atomic mass is 16.5. The van der Waals surface area contributed by atoms with Gasteiger partial charge in [-0.15, -0.1) is 0 Å². The van der Waals surface area contributed by atoms with Crippen LogP contribution < -0.4 is 4.74 Å². The maximum atomic E-state index is 5.28. The van der Waals surface area contributed by atoms with Gasteiger partial charge >= 0.3 is 0 Å². The van der Waals surface area contributed by atoms with Crippen molar-refractivity contribution in [3.05, 3.63) is 23.5 Å². The molecule has 0 amide bonds. The highest BCUT2D eigenvalue weighted by molar-refractivity contribution is 6.01. The van der Waals surface area contributed by atoms with Crippen molar-refractivity contribution in [2.24, 2.45) is 10.9 Å². The van der Waals surface area contributed by atoms with Gasteiger partial charge in [0.25, 0.3) is 0 Å². The highest BCUT2D eigenvalue weighted by Gasteiger charge is 2.14. The summed E-state index contributed by atoms with van der Waals surface area (Å²) in [5.41, 5.74) is 3.20. The van der Waals surface area contributed by atoms with Gasteiger partial charge in [0.15, 0.2) is 0 Å². The smallest absolute Gasteiger partial charge is 0.140 e. The number of hydrogen-bond donors (Lipinski definition) is 0. The van der Waals surface area contributed by atoms with Crippen molar-refractivity contribution < 1.29 is 4.74 Å². The quantitative estimate of drug-likeness (QED) is 0.764. The maximum absolute atomic E-state index is 5.28. The second-order valence-corrected chi connectivity index (χ2v) is 4.44. The van der Waals surface area contributed by atoms with Crippen LogP contribution in [0.5, 0.6) is 5.75 Å². The third kappa shape index (κ3) is 2.23. The lowest BCUT2D eigenvalue weighted by Crippen LogP contribution is -2.14. The predicted molar refractivity (Wildman–Crippen MR) is 65.3 cm³/mol. The average molecular weight is 218 g/mol. The van der Waals surface area contributed by atoms with Crippen molar-refractivity contribution in [1.29, 1.82) is 0 Å².